The van der Waals surface area contributed by atoms with Crippen molar-refractivity contribution in [2.24, 2.45) is 0 Å². The minimum Gasteiger partial charge on any atom is -0.497 e. The maximum absolute atomic E-state index is 10.3. The molecule has 118 valence electrons. The van der Waals surface area contributed by atoms with E-state index in [0.29, 0.717) is 24.1 Å². The van der Waals surface area contributed by atoms with Gasteiger partial charge in [0.25, 0.3) is 0 Å². The van der Waals surface area contributed by atoms with Crippen LogP contribution in [-0.2, 0) is 4.74 Å². The van der Waals surface area contributed by atoms with Gasteiger partial charge in [-0.3, -0.25) is 0 Å². The zero-order valence-electron chi connectivity index (χ0n) is 12.8. The molecule has 0 amide bonds. The molecule has 0 saturated carbocycles. The minimum absolute atomic E-state index is 0.376. The number of ether oxygens (including phenoxy) is 3. The lowest BCUT2D eigenvalue weighted by Gasteiger charge is -2.17. The molecular weight excluding hydrogens is 270 g/mol. The van der Waals surface area contributed by atoms with Crippen LogP contribution in [0.3, 0.4) is 0 Å². The lowest BCUT2D eigenvalue weighted by Crippen LogP contribution is -2.25. The average Bonchev–Trinajstić information content (AvgIpc) is 3.04. The fourth-order valence-corrected chi connectivity index (χ4v) is 2.58. The number of benzene rings is 1. The van der Waals surface area contributed by atoms with E-state index in [9.17, 15) is 5.11 Å². The molecule has 2 rings (SSSR count). The highest BCUT2D eigenvalue weighted by molar-refractivity contribution is 5.41. The molecule has 0 spiro atoms. The molecule has 1 aliphatic rings. The van der Waals surface area contributed by atoms with Gasteiger partial charge in [-0.15, -0.1) is 0 Å². The summed E-state index contributed by atoms with van der Waals surface area (Å²) in [7, 11) is 3.21. The van der Waals surface area contributed by atoms with E-state index in [0.717, 1.165) is 38.0 Å². The van der Waals surface area contributed by atoms with Crippen LogP contribution in [-0.4, -0.2) is 45.1 Å². The molecule has 0 radical (unpaired) electrons. The Bertz CT molecular complexity index is 432. The molecule has 1 aliphatic heterocycles. The van der Waals surface area contributed by atoms with Gasteiger partial charge in [-0.1, -0.05) is 0 Å². The van der Waals surface area contributed by atoms with Crippen LogP contribution in [0, 0.1) is 0 Å². The van der Waals surface area contributed by atoms with Gasteiger partial charge in [-0.2, -0.15) is 0 Å². The molecule has 1 heterocycles. The lowest BCUT2D eigenvalue weighted by molar-refractivity contribution is 0.102. The Kier molecular flexibility index (Phi) is 6.29. The highest BCUT2D eigenvalue weighted by atomic mass is 16.5. The summed E-state index contributed by atoms with van der Waals surface area (Å²) < 4.78 is 16.1. The topological polar surface area (TPSA) is 60.0 Å². The second-order valence-corrected chi connectivity index (χ2v) is 5.25. The molecule has 5 heteroatoms. The Morgan fingerprint density at radius 2 is 2.24 bits per heavy atom. The smallest absolute Gasteiger partial charge is 0.124 e. The van der Waals surface area contributed by atoms with Crippen molar-refractivity contribution in [3.8, 4) is 11.5 Å². The number of aliphatic hydroxyl groups excluding tert-OH is 1. The first-order valence-corrected chi connectivity index (χ1v) is 7.47. The van der Waals surface area contributed by atoms with Gasteiger partial charge in [-0.25, -0.2) is 0 Å². The molecule has 0 aliphatic carbocycles. The number of nitrogens with one attached hydrogen (secondary N) is 1. The van der Waals surface area contributed by atoms with Crippen LogP contribution in [0.5, 0.6) is 11.5 Å². The van der Waals surface area contributed by atoms with E-state index in [4.69, 9.17) is 14.2 Å². The van der Waals surface area contributed by atoms with Crippen molar-refractivity contribution in [2.45, 2.75) is 31.5 Å². The lowest BCUT2D eigenvalue weighted by atomic mass is 10.1. The highest BCUT2D eigenvalue weighted by Gasteiger charge is 2.16. The molecule has 1 aromatic rings. The number of hydrogen-bond acceptors (Lipinski definition) is 5. The van der Waals surface area contributed by atoms with E-state index >= 15 is 0 Å². The zero-order valence-corrected chi connectivity index (χ0v) is 12.8. The largest absolute Gasteiger partial charge is 0.497 e. The molecule has 0 bridgehead atoms. The first-order chi connectivity index (χ1) is 10.2. The van der Waals surface area contributed by atoms with Gasteiger partial charge in [0.15, 0.2) is 0 Å². The van der Waals surface area contributed by atoms with Gasteiger partial charge in [0.05, 0.1) is 26.4 Å². The van der Waals surface area contributed by atoms with E-state index in [1.807, 2.05) is 18.2 Å². The normalized spacial score (nSPS) is 19.5. The first-order valence-electron chi connectivity index (χ1n) is 7.47. The number of hydrogen-bond donors (Lipinski definition) is 2. The molecule has 5 nitrogen and oxygen atoms in total. The minimum atomic E-state index is -0.625. The predicted molar refractivity (Wildman–Crippen MR) is 81.0 cm³/mol. The molecule has 1 fully saturated rings. The van der Waals surface area contributed by atoms with Gasteiger partial charge >= 0.3 is 0 Å². The Morgan fingerprint density at radius 1 is 1.38 bits per heavy atom. The second-order valence-electron chi connectivity index (χ2n) is 5.25. The summed E-state index contributed by atoms with van der Waals surface area (Å²) in [5, 5.41) is 13.6. The molecule has 1 aromatic carbocycles. The van der Waals surface area contributed by atoms with Gasteiger partial charge in [0, 0.05) is 18.7 Å². The van der Waals surface area contributed by atoms with Crippen molar-refractivity contribution < 1.29 is 19.3 Å². The third-order valence-corrected chi connectivity index (χ3v) is 3.80. The molecule has 1 saturated heterocycles. The quantitative estimate of drug-likeness (QED) is 0.717. The summed E-state index contributed by atoms with van der Waals surface area (Å²) in [6, 6.07) is 5.44. The van der Waals surface area contributed by atoms with Crippen LogP contribution < -0.4 is 14.8 Å². The first kappa shape index (κ1) is 16.1. The molecule has 0 aromatic heterocycles. The summed E-state index contributed by atoms with van der Waals surface area (Å²) in [6.07, 6.45) is 3.05. The van der Waals surface area contributed by atoms with Gasteiger partial charge in [-0.05, 0) is 44.0 Å². The maximum atomic E-state index is 10.3. The standard InChI is InChI=1S/C16H25NO4/c1-19-13-5-6-16(20-2)14(10-13)15(18)11-17-8-7-12-4-3-9-21-12/h5-6,10,12,15,17-18H,3-4,7-9,11H2,1-2H3. The van der Waals surface area contributed by atoms with Crippen molar-refractivity contribution in [3.05, 3.63) is 23.8 Å². The summed E-state index contributed by atoms with van der Waals surface area (Å²) >= 11 is 0. The Labute approximate surface area is 126 Å². The van der Waals surface area contributed by atoms with Gasteiger partial charge < -0.3 is 24.6 Å². The van der Waals surface area contributed by atoms with Crippen LogP contribution in [0.1, 0.15) is 30.9 Å². The number of aliphatic hydroxyl groups is 1. The van der Waals surface area contributed by atoms with Crippen LogP contribution in [0.15, 0.2) is 18.2 Å². The molecule has 21 heavy (non-hydrogen) atoms. The third-order valence-electron chi connectivity index (χ3n) is 3.80. The Morgan fingerprint density at radius 3 is 2.90 bits per heavy atom. The molecular formula is C16H25NO4. The monoisotopic (exact) mass is 295 g/mol. The van der Waals surface area contributed by atoms with Crippen molar-refractivity contribution in [3.63, 3.8) is 0 Å². The molecule has 2 N–H and O–H groups in total. The summed E-state index contributed by atoms with van der Waals surface area (Å²) in [4.78, 5) is 0. The summed E-state index contributed by atoms with van der Waals surface area (Å²) in [6.45, 7) is 2.21. The Balaban J connectivity index is 1.82. The van der Waals surface area contributed by atoms with Crippen molar-refractivity contribution >= 4 is 0 Å². The predicted octanol–water partition coefficient (Wildman–Crippen LogP) is 1.90. The van der Waals surface area contributed by atoms with Crippen LogP contribution in [0.4, 0.5) is 0 Å². The fraction of sp³-hybridized carbons (Fsp3) is 0.625. The van der Waals surface area contributed by atoms with E-state index in [1.54, 1.807) is 14.2 Å². The number of methoxy groups -OCH3 is 2. The van der Waals surface area contributed by atoms with Crippen molar-refractivity contribution in [2.75, 3.05) is 33.9 Å². The second kappa shape index (κ2) is 8.22. The Hall–Kier alpha value is -1.30. The number of rotatable bonds is 8. The van der Waals surface area contributed by atoms with Crippen molar-refractivity contribution in [1.29, 1.82) is 0 Å². The zero-order chi connectivity index (χ0) is 15.1. The van der Waals surface area contributed by atoms with E-state index < -0.39 is 6.10 Å². The van der Waals surface area contributed by atoms with Gasteiger partial charge in [0.2, 0.25) is 0 Å². The van der Waals surface area contributed by atoms with Crippen LogP contribution in [0.2, 0.25) is 0 Å². The van der Waals surface area contributed by atoms with Gasteiger partial charge in [0.1, 0.15) is 11.5 Å². The van der Waals surface area contributed by atoms with Crippen LogP contribution in [0.25, 0.3) is 0 Å². The van der Waals surface area contributed by atoms with Crippen LogP contribution >= 0.6 is 0 Å². The molecule has 2 unspecified atom stereocenters. The van der Waals surface area contributed by atoms with E-state index in [2.05, 4.69) is 5.32 Å². The maximum Gasteiger partial charge on any atom is 0.124 e. The highest BCUT2D eigenvalue weighted by Crippen LogP contribution is 2.29. The third kappa shape index (κ3) is 4.59. The van der Waals surface area contributed by atoms with E-state index in [1.165, 1.54) is 0 Å². The summed E-state index contributed by atoms with van der Waals surface area (Å²) in [5.41, 5.74) is 0.737. The van der Waals surface area contributed by atoms with E-state index in [-0.39, 0.29) is 0 Å². The average molecular weight is 295 g/mol. The fourth-order valence-electron chi connectivity index (χ4n) is 2.58. The van der Waals surface area contributed by atoms with Crippen molar-refractivity contribution in [1.82, 2.24) is 5.32 Å². The summed E-state index contributed by atoms with van der Waals surface area (Å²) in [5.74, 6) is 1.38. The molecule has 2 atom stereocenters. The SMILES string of the molecule is COc1ccc(OC)c(C(O)CNCCC2CCCO2)c1.